The van der Waals surface area contributed by atoms with E-state index in [0.29, 0.717) is 0 Å². The van der Waals surface area contributed by atoms with Gasteiger partial charge < -0.3 is 5.73 Å². The maximum Gasteiger partial charge on any atom is 0.159 e. The van der Waals surface area contributed by atoms with Crippen molar-refractivity contribution in [2.24, 2.45) is 0 Å². The second kappa shape index (κ2) is 6.53. The quantitative estimate of drug-likeness (QED) is 0.682. The van der Waals surface area contributed by atoms with Gasteiger partial charge in [-0.2, -0.15) is 0 Å². The van der Waals surface area contributed by atoms with Gasteiger partial charge in [0.15, 0.2) is 5.78 Å². The van der Waals surface area contributed by atoms with Gasteiger partial charge in [0.25, 0.3) is 0 Å². The lowest BCUT2D eigenvalue weighted by atomic mass is 10.1. The number of hydrogen-bond donors (Lipinski definition) is 1. The first-order chi connectivity index (χ1) is 9.08. The molecule has 0 saturated carbocycles. The van der Waals surface area contributed by atoms with E-state index in [2.05, 4.69) is 20.8 Å². The van der Waals surface area contributed by atoms with Crippen molar-refractivity contribution in [3.05, 3.63) is 27.7 Å². The summed E-state index contributed by atoms with van der Waals surface area (Å²) >= 11 is 3.45. The molecule has 1 fully saturated rings. The van der Waals surface area contributed by atoms with Gasteiger partial charge in [-0.1, -0.05) is 12.8 Å². The Hall–Kier alpha value is -0.870. The summed E-state index contributed by atoms with van der Waals surface area (Å²) in [5, 5.41) is 0. The van der Waals surface area contributed by atoms with Crippen molar-refractivity contribution in [3.8, 4) is 0 Å². The van der Waals surface area contributed by atoms with Gasteiger partial charge in [-0.15, -0.1) is 0 Å². The fourth-order valence-electron chi connectivity index (χ4n) is 2.54. The lowest BCUT2D eigenvalue weighted by Crippen LogP contribution is -2.24. The minimum absolute atomic E-state index is 0.0813. The number of nitrogens with two attached hydrogens (primary N) is 1. The molecule has 104 valence electrons. The van der Waals surface area contributed by atoms with Gasteiger partial charge >= 0.3 is 0 Å². The van der Waals surface area contributed by atoms with Crippen LogP contribution in [0.1, 0.15) is 48.5 Å². The number of rotatable bonds is 3. The molecule has 1 aromatic rings. The van der Waals surface area contributed by atoms with E-state index in [1.165, 1.54) is 25.7 Å². The smallest absolute Gasteiger partial charge is 0.159 e. The second-order valence-corrected chi connectivity index (χ2v) is 6.13. The molecule has 0 radical (unpaired) electrons. The maximum atomic E-state index is 11.5. The highest BCUT2D eigenvalue weighted by atomic mass is 79.9. The molecule has 0 spiro atoms. The fraction of sp³-hybridized carbons (Fsp3) is 0.533. The molecule has 1 aliphatic rings. The number of carbonyl (C=O) groups is 1. The molecule has 1 aromatic carbocycles. The average molecular weight is 325 g/mol. The van der Waals surface area contributed by atoms with E-state index in [1.807, 2.05) is 12.1 Å². The molecule has 4 heteroatoms. The van der Waals surface area contributed by atoms with Crippen molar-refractivity contribution in [1.29, 1.82) is 0 Å². The highest BCUT2D eigenvalue weighted by Crippen LogP contribution is 2.27. The van der Waals surface area contributed by atoms with Crippen LogP contribution in [0.5, 0.6) is 0 Å². The Morgan fingerprint density at radius 1 is 1.26 bits per heavy atom. The van der Waals surface area contributed by atoms with Crippen LogP contribution in [0.4, 0.5) is 5.69 Å². The second-order valence-electron chi connectivity index (χ2n) is 5.28. The third-order valence-corrected chi connectivity index (χ3v) is 4.37. The van der Waals surface area contributed by atoms with Gasteiger partial charge in [0, 0.05) is 16.6 Å². The molecular weight excluding hydrogens is 304 g/mol. The van der Waals surface area contributed by atoms with Crippen molar-refractivity contribution < 1.29 is 4.79 Å². The summed E-state index contributed by atoms with van der Waals surface area (Å²) in [6.45, 7) is 4.68. The van der Waals surface area contributed by atoms with Crippen LogP contribution in [0.2, 0.25) is 0 Å². The molecule has 2 rings (SSSR count). The fourth-order valence-corrected chi connectivity index (χ4v) is 3.05. The Morgan fingerprint density at radius 3 is 2.47 bits per heavy atom. The molecule has 3 nitrogen and oxygen atoms in total. The standard InChI is InChI=1S/C15H21BrN2O/c1-11(19)12-8-13(15(17)14(16)9-12)10-18-6-4-2-3-5-7-18/h8-9H,2-7,10,17H2,1H3. The first kappa shape index (κ1) is 14.5. The third kappa shape index (κ3) is 3.80. The number of nitrogens with zero attached hydrogens (tertiary/aromatic N) is 1. The Balaban J connectivity index is 2.20. The Kier molecular flexibility index (Phi) is 4.99. The van der Waals surface area contributed by atoms with Gasteiger partial charge in [-0.25, -0.2) is 0 Å². The molecule has 0 amide bonds. The van der Waals surface area contributed by atoms with Crippen LogP contribution in [-0.4, -0.2) is 23.8 Å². The minimum Gasteiger partial charge on any atom is -0.398 e. The number of likely N-dealkylation sites (tertiary alicyclic amines) is 1. The van der Waals surface area contributed by atoms with E-state index in [-0.39, 0.29) is 5.78 Å². The topological polar surface area (TPSA) is 46.3 Å². The predicted octanol–water partition coefficient (Wildman–Crippen LogP) is 3.61. The number of Topliss-reactive ketones (excluding diaryl/α,β-unsaturated/α-hetero) is 1. The largest absolute Gasteiger partial charge is 0.398 e. The molecule has 1 heterocycles. The normalized spacial score (nSPS) is 17.2. The van der Waals surface area contributed by atoms with E-state index in [4.69, 9.17) is 5.73 Å². The van der Waals surface area contributed by atoms with E-state index < -0.39 is 0 Å². The summed E-state index contributed by atoms with van der Waals surface area (Å²) in [5.74, 6) is 0.0813. The zero-order chi connectivity index (χ0) is 13.8. The van der Waals surface area contributed by atoms with Crippen LogP contribution < -0.4 is 5.73 Å². The predicted molar refractivity (Wildman–Crippen MR) is 82.3 cm³/mol. The summed E-state index contributed by atoms with van der Waals surface area (Å²) in [4.78, 5) is 14.0. The monoisotopic (exact) mass is 324 g/mol. The van der Waals surface area contributed by atoms with Crippen LogP contribution in [0.25, 0.3) is 0 Å². The summed E-state index contributed by atoms with van der Waals surface area (Å²) < 4.78 is 0.824. The maximum absolute atomic E-state index is 11.5. The van der Waals surface area contributed by atoms with Crippen LogP contribution in [0, 0.1) is 0 Å². The molecule has 0 unspecified atom stereocenters. The number of carbonyl (C=O) groups excluding carboxylic acids is 1. The first-order valence-corrected chi connectivity index (χ1v) is 7.68. The van der Waals surface area contributed by atoms with Gasteiger partial charge in [0.05, 0.1) is 5.69 Å². The lowest BCUT2D eigenvalue weighted by Gasteiger charge is -2.21. The third-order valence-electron chi connectivity index (χ3n) is 3.71. The molecule has 19 heavy (non-hydrogen) atoms. The zero-order valence-corrected chi connectivity index (χ0v) is 13.0. The van der Waals surface area contributed by atoms with Gasteiger partial charge in [0.1, 0.15) is 0 Å². The highest BCUT2D eigenvalue weighted by molar-refractivity contribution is 9.10. The van der Waals surface area contributed by atoms with E-state index >= 15 is 0 Å². The van der Waals surface area contributed by atoms with Crippen molar-refractivity contribution in [2.45, 2.75) is 39.2 Å². The average Bonchev–Trinajstić information content (AvgIpc) is 2.63. The molecule has 1 aliphatic heterocycles. The van der Waals surface area contributed by atoms with Crippen LogP contribution in [-0.2, 0) is 6.54 Å². The summed E-state index contributed by atoms with van der Waals surface area (Å²) in [6.07, 6.45) is 5.16. The van der Waals surface area contributed by atoms with E-state index in [0.717, 1.165) is 40.9 Å². The molecule has 0 atom stereocenters. The number of halogens is 1. The number of hydrogen-bond acceptors (Lipinski definition) is 3. The number of benzene rings is 1. The summed E-state index contributed by atoms with van der Waals surface area (Å²) in [6, 6.07) is 3.75. The van der Waals surface area contributed by atoms with Crippen molar-refractivity contribution in [2.75, 3.05) is 18.8 Å². The molecule has 0 aliphatic carbocycles. The molecular formula is C15H21BrN2O. The lowest BCUT2D eigenvalue weighted by molar-refractivity contribution is 0.101. The SMILES string of the molecule is CC(=O)c1cc(Br)c(N)c(CN2CCCCCC2)c1. The Bertz CT molecular complexity index is 465. The molecule has 1 saturated heterocycles. The minimum atomic E-state index is 0.0813. The van der Waals surface area contributed by atoms with Gasteiger partial charge in [0.2, 0.25) is 0 Å². The number of nitrogen functional groups attached to an aromatic ring is 1. The van der Waals surface area contributed by atoms with E-state index in [9.17, 15) is 4.79 Å². The summed E-state index contributed by atoms with van der Waals surface area (Å²) in [5.41, 5.74) is 8.67. The Morgan fingerprint density at radius 2 is 1.89 bits per heavy atom. The molecule has 0 bridgehead atoms. The highest BCUT2D eigenvalue weighted by Gasteiger charge is 2.14. The molecule has 2 N–H and O–H groups in total. The first-order valence-electron chi connectivity index (χ1n) is 6.89. The zero-order valence-electron chi connectivity index (χ0n) is 11.4. The summed E-state index contributed by atoms with van der Waals surface area (Å²) in [7, 11) is 0. The molecule has 0 aromatic heterocycles. The Labute approximate surface area is 123 Å². The number of ketones is 1. The van der Waals surface area contributed by atoms with Gasteiger partial charge in [-0.05, 0) is 66.5 Å². The number of anilines is 1. The van der Waals surface area contributed by atoms with Crippen molar-refractivity contribution in [3.63, 3.8) is 0 Å². The van der Waals surface area contributed by atoms with Gasteiger partial charge in [-0.3, -0.25) is 9.69 Å². The van der Waals surface area contributed by atoms with Crippen LogP contribution in [0.3, 0.4) is 0 Å². The van der Waals surface area contributed by atoms with Crippen LogP contribution >= 0.6 is 15.9 Å². The van der Waals surface area contributed by atoms with Crippen LogP contribution in [0.15, 0.2) is 16.6 Å². The van der Waals surface area contributed by atoms with Crippen molar-refractivity contribution in [1.82, 2.24) is 4.90 Å². The van der Waals surface area contributed by atoms with E-state index in [1.54, 1.807) is 6.92 Å². The van der Waals surface area contributed by atoms with Crippen molar-refractivity contribution >= 4 is 27.4 Å².